The zero-order valence-electron chi connectivity index (χ0n) is 16.6. The molecule has 2 amide bonds. The summed E-state index contributed by atoms with van der Waals surface area (Å²) in [6.45, 7) is 7.87. The van der Waals surface area contributed by atoms with E-state index in [1.54, 1.807) is 12.1 Å². The number of amides is 2. The summed E-state index contributed by atoms with van der Waals surface area (Å²) in [5.74, 6) is 0.935. The second-order valence-electron chi connectivity index (χ2n) is 7.72. The van der Waals surface area contributed by atoms with Crippen molar-refractivity contribution in [3.8, 4) is 0 Å². The smallest absolute Gasteiger partial charge is 0.315 e. The van der Waals surface area contributed by atoms with E-state index in [2.05, 4.69) is 28.9 Å². The Morgan fingerprint density at radius 1 is 1.21 bits per heavy atom. The molecule has 1 aromatic carbocycles. The lowest BCUT2D eigenvalue weighted by Crippen LogP contribution is -2.49. The monoisotopic (exact) mass is 404 g/mol. The number of nitrogens with zero attached hydrogens (tertiary/aromatic N) is 2. The number of likely N-dealkylation sites (tertiary alicyclic amines) is 1. The van der Waals surface area contributed by atoms with Gasteiger partial charge in [-0.25, -0.2) is 4.79 Å². The van der Waals surface area contributed by atoms with Crippen molar-refractivity contribution < 1.29 is 13.2 Å². The van der Waals surface area contributed by atoms with E-state index in [0.29, 0.717) is 42.5 Å². The highest BCUT2D eigenvalue weighted by molar-refractivity contribution is 8.00. The fourth-order valence-electron chi connectivity index (χ4n) is 3.54. The van der Waals surface area contributed by atoms with Gasteiger partial charge in [-0.2, -0.15) is 8.42 Å². The Labute approximate surface area is 167 Å². The van der Waals surface area contributed by atoms with Crippen LogP contribution in [0.25, 0.3) is 4.91 Å². The average Bonchev–Trinajstić information content (AvgIpc) is 2.90. The molecule has 0 bridgehead atoms. The highest BCUT2D eigenvalue weighted by Crippen LogP contribution is 2.34. The maximum Gasteiger partial charge on any atom is 0.315 e. The van der Waals surface area contributed by atoms with Crippen molar-refractivity contribution in [1.82, 2.24) is 15.5 Å². The molecule has 2 heterocycles. The van der Waals surface area contributed by atoms with Crippen LogP contribution in [0.3, 0.4) is 0 Å². The number of rotatable bonds is 4. The minimum atomic E-state index is -3.69. The number of amidine groups is 1. The van der Waals surface area contributed by atoms with Gasteiger partial charge in [-0.3, -0.25) is 0 Å². The molecule has 0 atom stereocenters. The van der Waals surface area contributed by atoms with E-state index in [0.717, 1.165) is 12.8 Å². The number of urea groups is 1. The molecule has 0 saturated carbocycles. The van der Waals surface area contributed by atoms with E-state index < -0.39 is 10.0 Å². The van der Waals surface area contributed by atoms with Gasteiger partial charge in [-0.1, -0.05) is 44.2 Å². The van der Waals surface area contributed by atoms with Gasteiger partial charge in [0.2, 0.25) is 0 Å². The zero-order valence-corrected chi connectivity index (χ0v) is 17.4. The standard InChI is InChI=1S/C20H28N4O3S/c1-14(2)13-21-20(25)22-17-9-11-24(12-10-17)19-15(3)18(28(26,27)23-19)16-7-5-4-6-8-16/h4-8,14,17H,9-13H2,1-3H3,(H2,21,22,25). The second kappa shape index (κ2) is 8.34. The first kappa shape index (κ1) is 20.4. The van der Waals surface area contributed by atoms with E-state index >= 15 is 0 Å². The largest absolute Gasteiger partial charge is 0.356 e. The Balaban J connectivity index is 1.65. The van der Waals surface area contributed by atoms with E-state index in [9.17, 15) is 13.2 Å². The maximum absolute atomic E-state index is 12.6. The molecule has 0 aliphatic carbocycles. The molecule has 1 aromatic rings. The number of benzene rings is 1. The van der Waals surface area contributed by atoms with E-state index in [-0.39, 0.29) is 17.0 Å². The molecule has 152 valence electrons. The van der Waals surface area contributed by atoms with Gasteiger partial charge >= 0.3 is 6.03 Å². The van der Waals surface area contributed by atoms with E-state index in [4.69, 9.17) is 0 Å². The summed E-state index contributed by atoms with van der Waals surface area (Å²) >= 11 is 0. The number of piperidine rings is 1. The fraction of sp³-hybridized carbons (Fsp3) is 0.500. The number of sulfonamides is 1. The Bertz CT molecular complexity index is 883. The first-order chi connectivity index (χ1) is 13.3. The minimum Gasteiger partial charge on any atom is -0.356 e. The van der Waals surface area contributed by atoms with Gasteiger partial charge in [-0.05, 0) is 31.2 Å². The third-order valence-electron chi connectivity index (χ3n) is 4.98. The van der Waals surface area contributed by atoms with Crippen molar-refractivity contribution in [2.75, 3.05) is 19.6 Å². The van der Waals surface area contributed by atoms with Crippen LogP contribution in [0.1, 0.15) is 39.2 Å². The molecule has 1 saturated heterocycles. The van der Waals surface area contributed by atoms with Crippen LogP contribution < -0.4 is 10.6 Å². The van der Waals surface area contributed by atoms with Gasteiger partial charge < -0.3 is 15.5 Å². The lowest BCUT2D eigenvalue weighted by molar-refractivity contribution is 0.225. The maximum atomic E-state index is 12.6. The van der Waals surface area contributed by atoms with Crippen molar-refractivity contribution in [3.63, 3.8) is 0 Å². The first-order valence-corrected chi connectivity index (χ1v) is 11.1. The van der Waals surface area contributed by atoms with Crippen molar-refractivity contribution >= 4 is 26.8 Å². The summed E-state index contributed by atoms with van der Waals surface area (Å²) in [4.78, 5) is 14.2. The van der Waals surface area contributed by atoms with E-state index in [1.165, 1.54) is 0 Å². The summed E-state index contributed by atoms with van der Waals surface area (Å²) in [6, 6.07) is 9.03. The Morgan fingerprint density at radius 2 is 1.86 bits per heavy atom. The van der Waals surface area contributed by atoms with Gasteiger partial charge in [0.25, 0.3) is 10.0 Å². The summed E-state index contributed by atoms with van der Waals surface area (Å²) in [5.41, 5.74) is 1.35. The molecule has 2 aliphatic heterocycles. The van der Waals surface area contributed by atoms with Crippen LogP contribution in [-0.4, -0.2) is 50.9 Å². The summed E-state index contributed by atoms with van der Waals surface area (Å²) in [6.07, 6.45) is 1.50. The number of hydrogen-bond acceptors (Lipinski definition) is 4. The number of hydrogen-bond donors (Lipinski definition) is 2. The average molecular weight is 405 g/mol. The molecule has 2 N–H and O–H groups in total. The third-order valence-corrected chi connectivity index (χ3v) is 6.45. The molecule has 8 heteroatoms. The predicted octanol–water partition coefficient (Wildman–Crippen LogP) is 2.58. The predicted molar refractivity (Wildman–Crippen MR) is 111 cm³/mol. The van der Waals surface area contributed by atoms with Gasteiger partial charge in [0.1, 0.15) is 10.7 Å². The second-order valence-corrected chi connectivity index (χ2v) is 9.26. The van der Waals surface area contributed by atoms with Crippen LogP contribution in [-0.2, 0) is 10.0 Å². The van der Waals surface area contributed by atoms with Gasteiger partial charge in [0, 0.05) is 31.2 Å². The first-order valence-electron chi connectivity index (χ1n) is 9.69. The Hall–Kier alpha value is -2.35. The molecule has 1 fully saturated rings. The topological polar surface area (TPSA) is 90.9 Å². The van der Waals surface area contributed by atoms with Crippen LogP contribution in [0.4, 0.5) is 4.79 Å². The zero-order chi connectivity index (χ0) is 20.3. The normalized spacial score (nSPS) is 19.7. The Morgan fingerprint density at radius 3 is 2.46 bits per heavy atom. The number of carbonyl (C=O) groups excluding carboxylic acids is 1. The summed E-state index contributed by atoms with van der Waals surface area (Å²) < 4.78 is 29.3. The molecular weight excluding hydrogens is 376 g/mol. The SMILES string of the molecule is CC1=C(c2ccccc2)S(=O)(=O)N=C1N1CCC(NC(=O)NCC(C)C)CC1. The summed E-state index contributed by atoms with van der Waals surface area (Å²) in [7, 11) is -3.69. The van der Waals surface area contributed by atoms with Crippen molar-refractivity contribution in [2.24, 2.45) is 10.3 Å². The van der Waals surface area contributed by atoms with Crippen molar-refractivity contribution in [3.05, 3.63) is 41.5 Å². The number of carbonyl (C=O) groups is 1. The molecule has 0 spiro atoms. The molecule has 0 radical (unpaired) electrons. The molecule has 28 heavy (non-hydrogen) atoms. The highest BCUT2D eigenvalue weighted by Gasteiger charge is 2.34. The van der Waals surface area contributed by atoms with Crippen LogP contribution in [0.5, 0.6) is 0 Å². The number of nitrogens with one attached hydrogen (secondary N) is 2. The molecule has 7 nitrogen and oxygen atoms in total. The van der Waals surface area contributed by atoms with Crippen LogP contribution >= 0.6 is 0 Å². The molecule has 2 aliphatic rings. The Kier molecular flexibility index (Phi) is 6.07. The fourth-order valence-corrected chi connectivity index (χ4v) is 5.03. The van der Waals surface area contributed by atoms with Crippen LogP contribution in [0.2, 0.25) is 0 Å². The van der Waals surface area contributed by atoms with Crippen LogP contribution in [0, 0.1) is 5.92 Å². The lowest BCUT2D eigenvalue weighted by Gasteiger charge is -2.33. The van der Waals surface area contributed by atoms with Gasteiger partial charge in [-0.15, -0.1) is 4.40 Å². The van der Waals surface area contributed by atoms with Crippen LogP contribution in [0.15, 0.2) is 40.3 Å². The lowest BCUT2D eigenvalue weighted by atomic mass is 10.0. The minimum absolute atomic E-state index is 0.0832. The summed E-state index contributed by atoms with van der Waals surface area (Å²) in [5, 5.41) is 5.86. The third kappa shape index (κ3) is 4.55. The van der Waals surface area contributed by atoms with Crippen molar-refractivity contribution in [1.29, 1.82) is 0 Å². The molecule has 0 unspecified atom stereocenters. The molecular formula is C20H28N4O3S. The quantitative estimate of drug-likeness (QED) is 0.807. The van der Waals surface area contributed by atoms with Crippen molar-refractivity contribution in [2.45, 2.75) is 39.7 Å². The van der Waals surface area contributed by atoms with Gasteiger partial charge in [0.05, 0.1) is 0 Å². The molecule has 0 aromatic heterocycles. The highest BCUT2D eigenvalue weighted by atomic mass is 32.2. The van der Waals surface area contributed by atoms with E-state index in [1.807, 2.05) is 30.0 Å². The van der Waals surface area contributed by atoms with Gasteiger partial charge in [0.15, 0.2) is 0 Å². The molecule has 3 rings (SSSR count).